The summed E-state index contributed by atoms with van der Waals surface area (Å²) in [6, 6.07) is 0.622. The molecule has 1 saturated carbocycles. The molecule has 2 amide bonds. The summed E-state index contributed by atoms with van der Waals surface area (Å²) in [6.07, 6.45) is -11.9. The summed E-state index contributed by atoms with van der Waals surface area (Å²) in [4.78, 5) is 25.6. The number of halogens is 9. The summed E-state index contributed by atoms with van der Waals surface area (Å²) in [5.74, 6) is -14.1. The molecule has 1 fully saturated rings. The van der Waals surface area contributed by atoms with Gasteiger partial charge in [0.25, 0.3) is 11.8 Å². The first-order chi connectivity index (χ1) is 16.6. The minimum Gasteiger partial charge on any atom is -0.415 e. The van der Waals surface area contributed by atoms with E-state index in [9.17, 15) is 49.1 Å². The Kier molecular flexibility index (Phi) is 6.19. The monoisotopic (exact) mass is 530 g/mol. The van der Waals surface area contributed by atoms with Gasteiger partial charge in [0, 0.05) is 36.6 Å². The number of hydrogen-bond acceptors (Lipinski definition) is 5. The Morgan fingerprint density at radius 3 is 2.47 bits per heavy atom. The molecular weight excluding hydrogens is 515 g/mol. The van der Waals surface area contributed by atoms with Crippen molar-refractivity contribution in [3.8, 4) is 11.5 Å². The van der Waals surface area contributed by atoms with Gasteiger partial charge in [0.1, 0.15) is 0 Å². The number of carbonyl (C=O) groups excluding carboxylic acids is 2. The molecule has 1 aromatic carbocycles. The Morgan fingerprint density at radius 1 is 1.17 bits per heavy atom. The van der Waals surface area contributed by atoms with Crippen LogP contribution in [0.4, 0.5) is 39.5 Å². The highest BCUT2D eigenvalue weighted by molar-refractivity contribution is 5.99. The lowest BCUT2D eigenvalue weighted by atomic mass is 9.86. The van der Waals surface area contributed by atoms with Gasteiger partial charge in [0.2, 0.25) is 11.8 Å². The number of rotatable bonds is 5. The third kappa shape index (κ3) is 4.59. The molecule has 0 unspecified atom stereocenters. The zero-order valence-corrected chi connectivity index (χ0v) is 17.8. The van der Waals surface area contributed by atoms with Gasteiger partial charge in [-0.05, 0) is 24.1 Å². The normalized spacial score (nSPS) is 22.2. The van der Waals surface area contributed by atoms with Crippen LogP contribution in [0.25, 0.3) is 11.5 Å². The summed E-state index contributed by atoms with van der Waals surface area (Å²) in [5.41, 5.74) is 0.243. The van der Waals surface area contributed by atoms with Gasteiger partial charge < -0.3 is 14.6 Å². The maximum atomic E-state index is 14.2. The molecule has 1 N–H and O–H groups in total. The van der Waals surface area contributed by atoms with Crippen LogP contribution in [-0.4, -0.2) is 57.0 Å². The number of nitrogens with one attached hydrogen (secondary N) is 1. The standard InChI is InChI=1S/C20H15F9N4O3/c21-13(22)15-32-31-14(36-15)8-1-2-9-7-33(16(34)10(9)5-8)12-6-18(23,24)4-3-11(12)30-17(35)19(25,26)20(27,28)29/h1-2,5,11-13H,3-4,6-7H2,(H,30,35)/t11-,12-/m1/s1. The van der Waals surface area contributed by atoms with Gasteiger partial charge in [-0.15, -0.1) is 10.2 Å². The van der Waals surface area contributed by atoms with Gasteiger partial charge >= 0.3 is 24.4 Å². The highest BCUT2D eigenvalue weighted by Gasteiger charge is 2.64. The zero-order chi connectivity index (χ0) is 26.6. The van der Waals surface area contributed by atoms with Crippen LogP contribution in [0.5, 0.6) is 0 Å². The van der Waals surface area contributed by atoms with Crippen molar-refractivity contribution in [1.29, 1.82) is 0 Å². The topological polar surface area (TPSA) is 88.3 Å². The fourth-order valence-corrected chi connectivity index (χ4v) is 4.16. The molecule has 2 aliphatic rings. The fourth-order valence-electron chi connectivity index (χ4n) is 4.16. The average molecular weight is 530 g/mol. The first-order valence-corrected chi connectivity index (χ1v) is 10.3. The van der Waals surface area contributed by atoms with Crippen LogP contribution in [0.1, 0.15) is 47.5 Å². The molecule has 1 aromatic heterocycles. The van der Waals surface area contributed by atoms with Crippen LogP contribution >= 0.6 is 0 Å². The van der Waals surface area contributed by atoms with Crippen LogP contribution in [0.15, 0.2) is 22.6 Å². The van der Waals surface area contributed by atoms with E-state index in [1.54, 1.807) is 0 Å². The summed E-state index contributed by atoms with van der Waals surface area (Å²) >= 11 is 0. The van der Waals surface area contributed by atoms with Gasteiger partial charge in [-0.25, -0.2) is 8.78 Å². The van der Waals surface area contributed by atoms with Crippen LogP contribution in [0, 0.1) is 0 Å². The summed E-state index contributed by atoms with van der Waals surface area (Å²) in [7, 11) is 0. The highest BCUT2D eigenvalue weighted by atomic mass is 19.4. The summed E-state index contributed by atoms with van der Waals surface area (Å²) in [6.45, 7) is -0.316. The molecule has 2 atom stereocenters. The molecule has 0 saturated heterocycles. The third-order valence-corrected chi connectivity index (χ3v) is 5.97. The van der Waals surface area contributed by atoms with Crippen LogP contribution in [0.3, 0.4) is 0 Å². The predicted molar refractivity (Wildman–Crippen MR) is 100 cm³/mol. The number of fused-ring (bicyclic) bond motifs is 1. The van der Waals surface area contributed by atoms with Gasteiger partial charge in [-0.2, -0.15) is 30.7 Å². The molecule has 36 heavy (non-hydrogen) atoms. The molecule has 2 aromatic rings. The summed E-state index contributed by atoms with van der Waals surface area (Å²) < 4.78 is 123. The van der Waals surface area contributed by atoms with E-state index in [-0.39, 0.29) is 29.1 Å². The van der Waals surface area contributed by atoms with Crippen molar-refractivity contribution in [2.24, 2.45) is 0 Å². The lowest BCUT2D eigenvalue weighted by molar-refractivity contribution is -0.270. The molecule has 1 aliphatic carbocycles. The maximum absolute atomic E-state index is 14.2. The van der Waals surface area contributed by atoms with E-state index in [4.69, 9.17) is 4.42 Å². The largest absolute Gasteiger partial charge is 0.463 e. The van der Waals surface area contributed by atoms with Crippen molar-refractivity contribution >= 4 is 11.8 Å². The fraction of sp³-hybridized carbons (Fsp3) is 0.500. The molecule has 7 nitrogen and oxygen atoms in total. The second-order valence-electron chi connectivity index (χ2n) is 8.37. The minimum atomic E-state index is -6.21. The van der Waals surface area contributed by atoms with Crippen LogP contribution in [-0.2, 0) is 11.3 Å². The van der Waals surface area contributed by atoms with E-state index in [2.05, 4.69) is 10.2 Å². The Morgan fingerprint density at radius 2 is 1.86 bits per heavy atom. The second-order valence-corrected chi connectivity index (χ2v) is 8.37. The van der Waals surface area contributed by atoms with Crippen molar-refractivity contribution in [2.45, 2.75) is 62.3 Å². The zero-order valence-electron chi connectivity index (χ0n) is 17.8. The number of carbonyl (C=O) groups is 2. The Hall–Kier alpha value is -3.33. The second kappa shape index (κ2) is 8.65. The number of hydrogen-bond donors (Lipinski definition) is 1. The van der Waals surface area contributed by atoms with Crippen molar-refractivity contribution in [3.05, 3.63) is 35.2 Å². The molecule has 0 radical (unpaired) electrons. The van der Waals surface area contributed by atoms with E-state index in [1.807, 2.05) is 0 Å². The van der Waals surface area contributed by atoms with Gasteiger partial charge in [-0.1, -0.05) is 6.07 Å². The van der Waals surface area contributed by atoms with Crippen molar-refractivity contribution in [1.82, 2.24) is 20.4 Å². The highest BCUT2D eigenvalue weighted by Crippen LogP contribution is 2.41. The number of nitrogens with zero attached hydrogens (tertiary/aromatic N) is 3. The lowest BCUT2D eigenvalue weighted by Gasteiger charge is -2.41. The van der Waals surface area contributed by atoms with Gasteiger partial charge in [0.05, 0.1) is 6.04 Å². The van der Waals surface area contributed by atoms with E-state index in [0.29, 0.717) is 0 Å². The molecule has 16 heteroatoms. The smallest absolute Gasteiger partial charge is 0.415 e. The van der Waals surface area contributed by atoms with Crippen LogP contribution in [0.2, 0.25) is 0 Å². The number of amides is 2. The first kappa shape index (κ1) is 25.8. The molecule has 2 heterocycles. The molecular formula is C20H15F9N4O3. The summed E-state index contributed by atoms with van der Waals surface area (Å²) in [5, 5.41) is 8.09. The van der Waals surface area contributed by atoms with E-state index < -0.39 is 73.5 Å². The number of aromatic nitrogens is 2. The van der Waals surface area contributed by atoms with Gasteiger partial charge in [-0.3, -0.25) is 9.59 Å². The molecule has 196 valence electrons. The SMILES string of the molecule is O=C1c2cc(-c3nnc(C(F)F)o3)ccc2CN1[C@@H]1CC(F)(F)CC[C@H]1NC(=O)C(F)(F)C(F)(F)F. The Labute approximate surface area is 195 Å². The molecule has 0 spiro atoms. The van der Waals surface area contributed by atoms with E-state index in [1.165, 1.54) is 23.5 Å². The third-order valence-electron chi connectivity index (χ3n) is 5.97. The lowest BCUT2D eigenvalue weighted by Crippen LogP contribution is -2.61. The predicted octanol–water partition coefficient (Wildman–Crippen LogP) is 4.50. The van der Waals surface area contributed by atoms with Crippen molar-refractivity contribution in [2.75, 3.05) is 0 Å². The number of alkyl halides is 9. The van der Waals surface area contributed by atoms with Crippen molar-refractivity contribution < 1.29 is 53.5 Å². The minimum absolute atomic E-state index is 0.0481. The first-order valence-electron chi connectivity index (χ1n) is 10.3. The van der Waals surface area contributed by atoms with E-state index >= 15 is 0 Å². The number of benzene rings is 1. The van der Waals surface area contributed by atoms with Gasteiger partial charge in [0.15, 0.2) is 0 Å². The molecule has 0 bridgehead atoms. The quantitative estimate of drug-likeness (QED) is 0.576. The molecule has 4 rings (SSSR count). The van der Waals surface area contributed by atoms with Crippen LogP contribution < -0.4 is 5.32 Å². The van der Waals surface area contributed by atoms with E-state index in [0.717, 1.165) is 4.90 Å². The maximum Gasteiger partial charge on any atom is 0.463 e. The molecule has 1 aliphatic heterocycles. The Bertz CT molecular complexity index is 1180. The average Bonchev–Trinajstić information content (AvgIpc) is 3.39. The van der Waals surface area contributed by atoms with Crippen molar-refractivity contribution in [3.63, 3.8) is 0 Å². The Balaban J connectivity index is 1.59.